The van der Waals surface area contributed by atoms with Gasteiger partial charge < -0.3 is 9.64 Å². The minimum atomic E-state index is 0.595. The van der Waals surface area contributed by atoms with E-state index in [4.69, 9.17) is 9.73 Å². The van der Waals surface area contributed by atoms with Gasteiger partial charge in [0.2, 0.25) is 0 Å². The lowest BCUT2D eigenvalue weighted by Crippen LogP contribution is -2.39. The van der Waals surface area contributed by atoms with Gasteiger partial charge in [-0.2, -0.15) is 0 Å². The lowest BCUT2D eigenvalue weighted by molar-refractivity contribution is 0.265. The summed E-state index contributed by atoms with van der Waals surface area (Å²) in [6.45, 7) is 7.69. The Kier molecular flexibility index (Phi) is 6.92. The number of nitrogens with zero attached hydrogens (tertiary/aromatic N) is 2. The number of rotatable bonds is 6. The highest BCUT2D eigenvalue weighted by molar-refractivity contribution is 6.01. The Morgan fingerprint density at radius 2 is 1.85 bits per heavy atom. The van der Waals surface area contributed by atoms with Crippen molar-refractivity contribution in [3.8, 4) is 5.75 Å². The molecule has 0 radical (unpaired) electrons. The lowest BCUT2D eigenvalue weighted by atomic mass is 9.93. The quantitative estimate of drug-likeness (QED) is 0.588. The molecule has 3 nitrogen and oxygen atoms in total. The molecule has 1 fully saturated rings. The molecule has 0 atom stereocenters. The second kappa shape index (κ2) is 9.59. The van der Waals surface area contributed by atoms with Crippen molar-refractivity contribution in [2.45, 2.75) is 58.9 Å². The summed E-state index contributed by atoms with van der Waals surface area (Å²) in [6, 6.07) is 9.05. The van der Waals surface area contributed by atoms with Crippen molar-refractivity contribution in [1.82, 2.24) is 4.90 Å². The van der Waals surface area contributed by atoms with Crippen LogP contribution in [-0.4, -0.2) is 29.9 Å². The minimum Gasteiger partial charge on any atom is -0.489 e. The van der Waals surface area contributed by atoms with Gasteiger partial charge in [-0.1, -0.05) is 43.6 Å². The Labute approximate surface area is 164 Å². The van der Waals surface area contributed by atoms with E-state index in [-0.39, 0.29) is 0 Å². The monoisotopic (exact) mass is 364 g/mol. The SMILES string of the molecule is C/C=C\C(=C/C)COc1ccc(C2=N/C(=C/C)CN2C2CCCCC2)cc1. The number of hydrogen-bond acceptors (Lipinski definition) is 3. The van der Waals surface area contributed by atoms with Gasteiger partial charge in [-0.05, 0) is 63.5 Å². The van der Waals surface area contributed by atoms with Crippen molar-refractivity contribution in [2.24, 2.45) is 4.99 Å². The van der Waals surface area contributed by atoms with Gasteiger partial charge in [0.25, 0.3) is 0 Å². The van der Waals surface area contributed by atoms with E-state index in [1.807, 2.05) is 19.9 Å². The summed E-state index contributed by atoms with van der Waals surface area (Å²) in [4.78, 5) is 7.44. The highest BCUT2D eigenvalue weighted by atomic mass is 16.5. The Balaban J connectivity index is 1.72. The molecule has 1 aromatic rings. The van der Waals surface area contributed by atoms with E-state index >= 15 is 0 Å². The Morgan fingerprint density at radius 3 is 2.48 bits per heavy atom. The third kappa shape index (κ3) is 4.91. The topological polar surface area (TPSA) is 24.8 Å². The number of ether oxygens (including phenoxy) is 1. The van der Waals surface area contributed by atoms with Crippen LogP contribution in [0.25, 0.3) is 0 Å². The van der Waals surface area contributed by atoms with E-state index in [0.717, 1.165) is 18.1 Å². The molecule has 1 aliphatic heterocycles. The van der Waals surface area contributed by atoms with Gasteiger partial charge in [-0.25, -0.2) is 4.99 Å². The molecule has 0 amide bonds. The maximum atomic E-state index is 5.93. The summed E-state index contributed by atoms with van der Waals surface area (Å²) >= 11 is 0. The number of amidine groups is 1. The van der Waals surface area contributed by atoms with E-state index in [0.29, 0.717) is 12.6 Å². The number of hydrogen-bond donors (Lipinski definition) is 0. The molecule has 27 heavy (non-hydrogen) atoms. The molecule has 1 saturated carbocycles. The summed E-state index contributed by atoms with van der Waals surface area (Å²) in [5, 5.41) is 0. The highest BCUT2D eigenvalue weighted by Crippen LogP contribution is 2.29. The average molecular weight is 365 g/mol. The highest BCUT2D eigenvalue weighted by Gasteiger charge is 2.29. The molecule has 1 heterocycles. The summed E-state index contributed by atoms with van der Waals surface area (Å²) in [5.74, 6) is 2.03. The van der Waals surface area contributed by atoms with Crippen LogP contribution < -0.4 is 4.74 Å². The van der Waals surface area contributed by atoms with Gasteiger partial charge in [0, 0.05) is 11.6 Å². The van der Waals surface area contributed by atoms with Gasteiger partial charge in [0.1, 0.15) is 18.2 Å². The first-order valence-electron chi connectivity index (χ1n) is 10.3. The van der Waals surface area contributed by atoms with Crippen molar-refractivity contribution < 1.29 is 4.74 Å². The van der Waals surface area contributed by atoms with Crippen LogP contribution in [0.1, 0.15) is 58.4 Å². The van der Waals surface area contributed by atoms with Crippen LogP contribution in [0, 0.1) is 0 Å². The maximum absolute atomic E-state index is 5.93. The van der Waals surface area contributed by atoms with Crippen LogP contribution in [0.4, 0.5) is 0 Å². The van der Waals surface area contributed by atoms with E-state index in [1.165, 1.54) is 48.9 Å². The van der Waals surface area contributed by atoms with Crippen LogP contribution >= 0.6 is 0 Å². The fourth-order valence-electron chi connectivity index (χ4n) is 3.87. The third-order valence-corrected chi connectivity index (χ3v) is 5.47. The molecule has 0 aromatic heterocycles. The normalized spacial score (nSPS) is 20.6. The molecule has 144 valence electrons. The second-order valence-corrected chi connectivity index (χ2v) is 7.31. The first-order chi connectivity index (χ1) is 13.2. The molecule has 2 aliphatic rings. The molecule has 0 bridgehead atoms. The van der Waals surface area contributed by atoms with Gasteiger partial charge in [-0.3, -0.25) is 0 Å². The molecular formula is C24H32N2O. The minimum absolute atomic E-state index is 0.595. The van der Waals surface area contributed by atoms with Crippen LogP contribution in [0.2, 0.25) is 0 Å². The standard InChI is InChI=1S/C24H32N2O/c1-4-10-19(5-2)18-27-23-15-13-20(14-16-23)24-25-21(6-3)17-26(24)22-11-8-7-9-12-22/h4-6,10,13-16,22H,7-9,11-12,17-18H2,1-3H3/b10-4-,19-5+,21-6+. The average Bonchev–Trinajstić information content (AvgIpc) is 3.17. The van der Waals surface area contributed by atoms with E-state index < -0.39 is 0 Å². The number of aliphatic imine (C=N–C) groups is 1. The molecule has 3 rings (SSSR count). The largest absolute Gasteiger partial charge is 0.489 e. The Morgan fingerprint density at radius 1 is 1.11 bits per heavy atom. The fourth-order valence-corrected chi connectivity index (χ4v) is 3.87. The third-order valence-electron chi connectivity index (χ3n) is 5.47. The van der Waals surface area contributed by atoms with Gasteiger partial charge in [0.15, 0.2) is 0 Å². The van der Waals surface area contributed by atoms with Gasteiger partial charge in [-0.15, -0.1) is 0 Å². The maximum Gasteiger partial charge on any atom is 0.136 e. The van der Waals surface area contributed by atoms with Gasteiger partial charge >= 0.3 is 0 Å². The first-order valence-corrected chi connectivity index (χ1v) is 10.3. The van der Waals surface area contributed by atoms with Crippen LogP contribution in [0.15, 0.2) is 64.8 Å². The molecule has 1 aromatic carbocycles. The summed E-state index contributed by atoms with van der Waals surface area (Å²) in [5.41, 5.74) is 3.55. The number of allylic oxidation sites excluding steroid dienone is 3. The summed E-state index contributed by atoms with van der Waals surface area (Å²) in [7, 11) is 0. The van der Waals surface area contributed by atoms with Crippen molar-refractivity contribution in [2.75, 3.05) is 13.2 Å². The zero-order chi connectivity index (χ0) is 19.1. The van der Waals surface area contributed by atoms with Crippen LogP contribution in [0.3, 0.4) is 0 Å². The van der Waals surface area contributed by atoms with Gasteiger partial charge in [0.05, 0.1) is 12.2 Å². The van der Waals surface area contributed by atoms with Crippen molar-refractivity contribution in [1.29, 1.82) is 0 Å². The molecule has 0 spiro atoms. The second-order valence-electron chi connectivity index (χ2n) is 7.31. The van der Waals surface area contributed by atoms with E-state index in [2.05, 4.69) is 54.3 Å². The number of benzene rings is 1. The summed E-state index contributed by atoms with van der Waals surface area (Å²) in [6.07, 6.45) is 15.0. The first kappa shape index (κ1) is 19.5. The molecule has 3 heteroatoms. The van der Waals surface area contributed by atoms with Crippen molar-refractivity contribution >= 4 is 5.84 Å². The Hall–Kier alpha value is -2.29. The molecule has 0 saturated heterocycles. The van der Waals surface area contributed by atoms with Crippen molar-refractivity contribution in [3.63, 3.8) is 0 Å². The molecule has 0 N–H and O–H groups in total. The smallest absolute Gasteiger partial charge is 0.136 e. The van der Waals surface area contributed by atoms with Crippen LogP contribution in [-0.2, 0) is 0 Å². The predicted octanol–water partition coefficient (Wildman–Crippen LogP) is 5.89. The molecular weight excluding hydrogens is 332 g/mol. The zero-order valence-corrected chi connectivity index (χ0v) is 16.9. The van der Waals surface area contributed by atoms with Crippen molar-refractivity contribution in [3.05, 3.63) is 65.4 Å². The lowest BCUT2D eigenvalue weighted by Gasteiger charge is -2.33. The summed E-state index contributed by atoms with van der Waals surface area (Å²) < 4.78 is 5.93. The van der Waals surface area contributed by atoms with E-state index in [1.54, 1.807) is 0 Å². The van der Waals surface area contributed by atoms with E-state index in [9.17, 15) is 0 Å². The predicted molar refractivity (Wildman–Crippen MR) is 114 cm³/mol. The Bertz CT molecular complexity index is 734. The molecule has 1 aliphatic carbocycles. The van der Waals surface area contributed by atoms with Crippen LogP contribution in [0.5, 0.6) is 5.75 Å². The fraction of sp³-hybridized carbons (Fsp3) is 0.458. The molecule has 0 unspecified atom stereocenters. The zero-order valence-electron chi connectivity index (χ0n) is 16.9.